The lowest BCUT2D eigenvalue weighted by atomic mass is 10.1. The van der Waals surface area contributed by atoms with E-state index in [1.165, 1.54) is 6.20 Å². The van der Waals surface area contributed by atoms with Gasteiger partial charge < -0.3 is 5.11 Å². The van der Waals surface area contributed by atoms with Gasteiger partial charge in [0.25, 0.3) is 0 Å². The van der Waals surface area contributed by atoms with Gasteiger partial charge in [0.15, 0.2) is 0 Å². The summed E-state index contributed by atoms with van der Waals surface area (Å²) in [6.45, 7) is 7.05. The van der Waals surface area contributed by atoms with E-state index >= 15 is 0 Å². The molecule has 1 heterocycles. The van der Waals surface area contributed by atoms with E-state index in [4.69, 9.17) is 5.11 Å². The van der Waals surface area contributed by atoms with Crippen molar-refractivity contribution < 1.29 is 9.90 Å². The Bertz CT molecular complexity index is 342. The highest BCUT2D eigenvalue weighted by Gasteiger charge is 2.14. The SMILES string of the molecule is CCc1c(C(=O)O)cnn1CCC(C)C. The predicted octanol–water partition coefficient (Wildman–Crippen LogP) is 2.19. The first-order chi connectivity index (χ1) is 7.06. The van der Waals surface area contributed by atoms with Crippen LogP contribution in [-0.4, -0.2) is 20.9 Å². The number of carboxylic acid groups (broad SMARTS) is 1. The zero-order chi connectivity index (χ0) is 11.4. The highest BCUT2D eigenvalue weighted by Crippen LogP contribution is 2.11. The Morgan fingerprint density at radius 3 is 2.73 bits per heavy atom. The summed E-state index contributed by atoms with van der Waals surface area (Å²) in [6, 6.07) is 0. The van der Waals surface area contributed by atoms with E-state index in [0.717, 1.165) is 18.7 Å². The number of aromatic nitrogens is 2. The molecule has 0 saturated carbocycles. The average molecular weight is 210 g/mol. The van der Waals surface area contributed by atoms with Crippen molar-refractivity contribution in [3.05, 3.63) is 17.5 Å². The Morgan fingerprint density at radius 1 is 1.60 bits per heavy atom. The highest BCUT2D eigenvalue weighted by atomic mass is 16.4. The molecule has 0 atom stereocenters. The first-order valence-corrected chi connectivity index (χ1v) is 5.34. The maximum Gasteiger partial charge on any atom is 0.339 e. The van der Waals surface area contributed by atoms with Crippen molar-refractivity contribution >= 4 is 5.97 Å². The Labute approximate surface area is 89.9 Å². The third-order valence-corrected chi connectivity index (χ3v) is 2.43. The van der Waals surface area contributed by atoms with Crippen LogP contribution in [0.3, 0.4) is 0 Å². The number of carbonyl (C=O) groups is 1. The van der Waals surface area contributed by atoms with E-state index in [1.54, 1.807) is 0 Å². The predicted molar refractivity (Wildman–Crippen MR) is 58.0 cm³/mol. The fourth-order valence-corrected chi connectivity index (χ4v) is 1.54. The van der Waals surface area contributed by atoms with E-state index in [0.29, 0.717) is 17.9 Å². The molecule has 1 rings (SSSR count). The molecule has 0 spiro atoms. The molecule has 0 aliphatic carbocycles. The highest BCUT2D eigenvalue weighted by molar-refractivity contribution is 5.88. The fourth-order valence-electron chi connectivity index (χ4n) is 1.54. The standard InChI is InChI=1S/C11H18N2O2/c1-4-10-9(11(14)15)7-12-13(10)6-5-8(2)3/h7-8H,4-6H2,1-3H3,(H,14,15). The number of hydrogen-bond acceptors (Lipinski definition) is 2. The number of carboxylic acids is 1. The van der Waals surface area contributed by atoms with Crippen LogP contribution >= 0.6 is 0 Å². The first kappa shape index (κ1) is 11.8. The van der Waals surface area contributed by atoms with Crippen molar-refractivity contribution in [2.45, 2.75) is 40.2 Å². The molecule has 4 heteroatoms. The number of aryl methyl sites for hydroxylation is 1. The van der Waals surface area contributed by atoms with Gasteiger partial charge >= 0.3 is 5.97 Å². The van der Waals surface area contributed by atoms with Gasteiger partial charge in [-0.2, -0.15) is 5.10 Å². The summed E-state index contributed by atoms with van der Waals surface area (Å²) in [5.74, 6) is -0.283. The minimum atomic E-state index is -0.886. The Morgan fingerprint density at radius 2 is 2.27 bits per heavy atom. The van der Waals surface area contributed by atoms with Crippen LogP contribution in [0.15, 0.2) is 6.20 Å². The van der Waals surface area contributed by atoms with Crippen LogP contribution in [0, 0.1) is 5.92 Å². The largest absolute Gasteiger partial charge is 0.478 e. The van der Waals surface area contributed by atoms with Gasteiger partial charge in [-0.1, -0.05) is 20.8 Å². The molecule has 0 saturated heterocycles. The van der Waals surface area contributed by atoms with Crippen molar-refractivity contribution in [1.29, 1.82) is 0 Å². The zero-order valence-electron chi connectivity index (χ0n) is 9.53. The topological polar surface area (TPSA) is 55.1 Å². The second-order valence-electron chi connectivity index (χ2n) is 4.07. The molecule has 0 amide bonds. The quantitative estimate of drug-likeness (QED) is 0.810. The second-order valence-corrected chi connectivity index (χ2v) is 4.07. The molecule has 0 unspecified atom stereocenters. The smallest absolute Gasteiger partial charge is 0.339 e. The summed E-state index contributed by atoms with van der Waals surface area (Å²) in [6.07, 6.45) is 3.18. The molecule has 84 valence electrons. The lowest BCUT2D eigenvalue weighted by molar-refractivity contribution is 0.0695. The number of hydrogen-bond donors (Lipinski definition) is 1. The van der Waals surface area contributed by atoms with Crippen LogP contribution in [-0.2, 0) is 13.0 Å². The van der Waals surface area contributed by atoms with Crippen molar-refractivity contribution in [1.82, 2.24) is 9.78 Å². The second kappa shape index (κ2) is 4.96. The molecule has 0 fully saturated rings. The summed E-state index contributed by atoms with van der Waals surface area (Å²) in [4.78, 5) is 10.9. The van der Waals surface area contributed by atoms with E-state index in [1.807, 2.05) is 11.6 Å². The van der Waals surface area contributed by atoms with Gasteiger partial charge in [0.1, 0.15) is 5.56 Å². The summed E-state index contributed by atoms with van der Waals surface area (Å²) in [5, 5.41) is 13.1. The molecular formula is C11H18N2O2. The van der Waals surface area contributed by atoms with Crippen LogP contribution in [0.1, 0.15) is 43.2 Å². The maximum absolute atomic E-state index is 10.9. The molecule has 15 heavy (non-hydrogen) atoms. The van der Waals surface area contributed by atoms with Crippen molar-refractivity contribution in [3.63, 3.8) is 0 Å². The molecule has 0 aliphatic heterocycles. The van der Waals surface area contributed by atoms with Crippen LogP contribution in [0.25, 0.3) is 0 Å². The van der Waals surface area contributed by atoms with Crippen LogP contribution < -0.4 is 0 Å². The molecule has 1 aromatic rings. The van der Waals surface area contributed by atoms with Gasteiger partial charge in [-0.05, 0) is 18.8 Å². The minimum absolute atomic E-state index is 0.334. The molecule has 1 N–H and O–H groups in total. The average Bonchev–Trinajstić information content (AvgIpc) is 2.57. The number of rotatable bonds is 5. The van der Waals surface area contributed by atoms with Crippen LogP contribution in [0.2, 0.25) is 0 Å². The summed E-state index contributed by atoms with van der Waals surface area (Å²) in [5.41, 5.74) is 1.16. The van der Waals surface area contributed by atoms with Crippen molar-refractivity contribution in [2.24, 2.45) is 5.92 Å². The van der Waals surface area contributed by atoms with Gasteiger partial charge in [0, 0.05) is 6.54 Å². The van der Waals surface area contributed by atoms with Crippen molar-refractivity contribution in [3.8, 4) is 0 Å². The molecule has 4 nitrogen and oxygen atoms in total. The fraction of sp³-hybridized carbons (Fsp3) is 0.636. The maximum atomic E-state index is 10.9. The molecule has 0 radical (unpaired) electrons. The van der Waals surface area contributed by atoms with Gasteiger partial charge in [0.05, 0.1) is 11.9 Å². The third kappa shape index (κ3) is 2.81. The van der Waals surface area contributed by atoms with Gasteiger partial charge in [0.2, 0.25) is 0 Å². The lowest BCUT2D eigenvalue weighted by Gasteiger charge is -2.08. The Hall–Kier alpha value is -1.32. The zero-order valence-corrected chi connectivity index (χ0v) is 9.53. The molecule has 0 bridgehead atoms. The van der Waals surface area contributed by atoms with Crippen molar-refractivity contribution in [2.75, 3.05) is 0 Å². The van der Waals surface area contributed by atoms with E-state index in [-0.39, 0.29) is 0 Å². The number of aromatic carboxylic acids is 1. The lowest BCUT2D eigenvalue weighted by Crippen LogP contribution is -2.09. The summed E-state index contributed by atoms with van der Waals surface area (Å²) >= 11 is 0. The van der Waals surface area contributed by atoms with Gasteiger partial charge in [-0.3, -0.25) is 4.68 Å². The Kier molecular flexibility index (Phi) is 3.88. The third-order valence-electron chi connectivity index (χ3n) is 2.43. The first-order valence-electron chi connectivity index (χ1n) is 5.34. The molecule has 1 aromatic heterocycles. The minimum Gasteiger partial charge on any atom is -0.478 e. The molecule has 0 aromatic carbocycles. The molecular weight excluding hydrogens is 192 g/mol. The monoisotopic (exact) mass is 210 g/mol. The van der Waals surface area contributed by atoms with Crippen LogP contribution in [0.5, 0.6) is 0 Å². The van der Waals surface area contributed by atoms with E-state index < -0.39 is 5.97 Å². The summed E-state index contributed by atoms with van der Waals surface area (Å²) < 4.78 is 1.81. The normalized spacial score (nSPS) is 10.9. The van der Waals surface area contributed by atoms with E-state index in [9.17, 15) is 4.79 Å². The van der Waals surface area contributed by atoms with Gasteiger partial charge in [-0.25, -0.2) is 4.79 Å². The van der Waals surface area contributed by atoms with E-state index in [2.05, 4.69) is 18.9 Å². The molecule has 0 aliphatic rings. The summed E-state index contributed by atoms with van der Waals surface area (Å²) in [7, 11) is 0. The number of nitrogens with zero attached hydrogens (tertiary/aromatic N) is 2. The Balaban J connectivity index is 2.84. The van der Waals surface area contributed by atoms with Gasteiger partial charge in [-0.15, -0.1) is 0 Å². The van der Waals surface area contributed by atoms with Crippen LogP contribution in [0.4, 0.5) is 0 Å².